The lowest BCUT2D eigenvalue weighted by molar-refractivity contribution is -0.305. The van der Waals surface area contributed by atoms with Crippen molar-refractivity contribution < 1.29 is 29.3 Å². The third-order valence-electron chi connectivity index (χ3n) is 4.68. The fourth-order valence-electron chi connectivity index (χ4n) is 3.29. The zero-order valence-electron chi connectivity index (χ0n) is 15.7. The van der Waals surface area contributed by atoms with E-state index in [1.54, 1.807) is 42.6 Å². The second-order valence-electron chi connectivity index (χ2n) is 6.48. The second kappa shape index (κ2) is 8.55. The Morgan fingerprint density at radius 3 is 2.55 bits per heavy atom. The van der Waals surface area contributed by atoms with E-state index in [1.807, 2.05) is 0 Å². The molecule has 8 heteroatoms. The van der Waals surface area contributed by atoms with Gasteiger partial charge in [-0.3, -0.25) is 14.6 Å². The van der Waals surface area contributed by atoms with Gasteiger partial charge >= 0.3 is 0 Å². The Kier molecular flexibility index (Phi) is 5.92. The number of benzene rings is 1. The number of aliphatic hydroxyl groups is 1. The molecule has 8 nitrogen and oxygen atoms in total. The summed E-state index contributed by atoms with van der Waals surface area (Å²) in [4.78, 5) is 41.4. The zero-order chi connectivity index (χ0) is 21.0. The first-order valence-corrected chi connectivity index (χ1v) is 8.96. The van der Waals surface area contributed by atoms with Gasteiger partial charge in [0.2, 0.25) is 0 Å². The number of carboxylic acids is 1. The first-order chi connectivity index (χ1) is 13.9. The molecule has 0 saturated carbocycles. The number of hydrogen-bond acceptors (Lipinski definition) is 7. The molecule has 1 N–H and O–H groups in total. The molecule has 0 spiro atoms. The molecule has 2 aromatic rings. The van der Waals surface area contributed by atoms with E-state index in [2.05, 4.69) is 4.98 Å². The fourth-order valence-corrected chi connectivity index (χ4v) is 3.29. The van der Waals surface area contributed by atoms with Gasteiger partial charge in [-0.05, 0) is 48.7 Å². The van der Waals surface area contributed by atoms with E-state index in [0.717, 1.165) is 0 Å². The second-order valence-corrected chi connectivity index (χ2v) is 6.48. The molecule has 0 radical (unpaired) electrons. The van der Waals surface area contributed by atoms with Crippen LogP contribution in [0, 0.1) is 0 Å². The predicted molar refractivity (Wildman–Crippen MR) is 100 cm³/mol. The predicted octanol–water partition coefficient (Wildman–Crippen LogP) is 1.04. The van der Waals surface area contributed by atoms with Crippen molar-refractivity contribution >= 4 is 23.4 Å². The summed E-state index contributed by atoms with van der Waals surface area (Å²) in [6.07, 6.45) is 2.93. The van der Waals surface area contributed by atoms with Crippen molar-refractivity contribution in [2.75, 3.05) is 13.7 Å². The van der Waals surface area contributed by atoms with E-state index in [1.165, 1.54) is 18.2 Å². The monoisotopic (exact) mass is 395 g/mol. The molecule has 1 amide bonds. The molecule has 3 rings (SSSR count). The molecular formula is C21H19N2O6-. The van der Waals surface area contributed by atoms with Crippen molar-refractivity contribution in [1.82, 2.24) is 9.88 Å². The summed E-state index contributed by atoms with van der Waals surface area (Å²) in [6, 6.07) is 8.90. The van der Waals surface area contributed by atoms with Gasteiger partial charge < -0.3 is 24.6 Å². The Hall–Kier alpha value is -3.68. The number of Topliss-reactive ketones (excluding diaryl/α,β-unsaturated/α-hetero) is 1. The molecule has 1 aliphatic heterocycles. The maximum atomic E-state index is 12.8. The number of aliphatic hydroxyl groups excluding tert-OH is 1. The minimum atomic E-state index is -1.24. The summed E-state index contributed by atoms with van der Waals surface area (Å²) in [5.41, 5.74) is 0.823. The van der Waals surface area contributed by atoms with E-state index in [0.29, 0.717) is 16.9 Å². The van der Waals surface area contributed by atoms with Gasteiger partial charge in [-0.15, -0.1) is 0 Å². The minimum absolute atomic E-state index is 0.0253. The van der Waals surface area contributed by atoms with E-state index >= 15 is 0 Å². The lowest BCUT2D eigenvalue weighted by Gasteiger charge is -2.25. The van der Waals surface area contributed by atoms with Gasteiger partial charge in [0.1, 0.15) is 11.5 Å². The minimum Gasteiger partial charge on any atom is -0.550 e. The molecule has 1 fully saturated rings. The molecule has 1 aliphatic rings. The maximum Gasteiger partial charge on any atom is 0.295 e. The van der Waals surface area contributed by atoms with Gasteiger partial charge in [0.15, 0.2) is 0 Å². The molecule has 2 heterocycles. The molecular weight excluding hydrogens is 376 g/mol. The van der Waals surface area contributed by atoms with Gasteiger partial charge in [0.05, 0.1) is 18.7 Å². The topological polar surface area (TPSA) is 120 Å². The number of amides is 1. The van der Waals surface area contributed by atoms with Crippen LogP contribution in [0.15, 0.2) is 54.4 Å². The average molecular weight is 395 g/mol. The maximum absolute atomic E-state index is 12.8. The smallest absolute Gasteiger partial charge is 0.295 e. The third-order valence-corrected chi connectivity index (χ3v) is 4.68. The Morgan fingerprint density at radius 1 is 1.24 bits per heavy atom. The molecule has 1 aromatic heterocycles. The highest BCUT2D eigenvalue weighted by Gasteiger charge is 2.45. The number of nitrogens with zero attached hydrogens (tertiary/aromatic N) is 2. The molecule has 0 bridgehead atoms. The Morgan fingerprint density at radius 2 is 1.97 bits per heavy atom. The van der Waals surface area contributed by atoms with Crippen LogP contribution >= 0.6 is 0 Å². The molecule has 150 valence electrons. The molecule has 0 aliphatic carbocycles. The number of rotatable bonds is 7. The van der Waals surface area contributed by atoms with Crippen LogP contribution in [0.25, 0.3) is 5.76 Å². The summed E-state index contributed by atoms with van der Waals surface area (Å²) in [5.74, 6) is -2.61. The fraction of sp³-hybridized carbons (Fsp3) is 0.238. The van der Waals surface area contributed by atoms with Crippen LogP contribution in [0.3, 0.4) is 0 Å². The number of carboxylic acid groups (broad SMARTS) is 1. The number of aromatic nitrogens is 1. The normalized spacial score (nSPS) is 18.1. The van der Waals surface area contributed by atoms with Gasteiger partial charge in [0, 0.05) is 30.5 Å². The summed E-state index contributed by atoms with van der Waals surface area (Å²) < 4.78 is 5.10. The Bertz CT molecular complexity index is 953. The standard InChI is InChI=1S/C21H20N2O6/c1-29-15-8-6-13(7-9-15)19(26)17-18(14-4-2-10-22-12-14)23(21(28)20(17)27)11-3-5-16(24)25/h2,4,6-10,12,18,26H,3,5,11H2,1H3,(H,24,25)/p-1/t18-/m0/s1. The summed E-state index contributed by atoms with van der Waals surface area (Å²) in [5, 5.41) is 21.6. The molecule has 1 atom stereocenters. The van der Waals surface area contributed by atoms with Crippen molar-refractivity contribution in [3.05, 3.63) is 65.5 Å². The van der Waals surface area contributed by atoms with Crippen molar-refractivity contribution in [3.63, 3.8) is 0 Å². The Balaban J connectivity index is 2.06. The van der Waals surface area contributed by atoms with Gasteiger partial charge in [-0.2, -0.15) is 0 Å². The molecule has 29 heavy (non-hydrogen) atoms. The highest BCUT2D eigenvalue weighted by Crippen LogP contribution is 2.39. The number of methoxy groups -OCH3 is 1. The van der Waals surface area contributed by atoms with E-state index in [9.17, 15) is 24.6 Å². The SMILES string of the molecule is COc1ccc(C(O)=C2C(=O)C(=O)N(CCCC(=O)[O-])[C@H]2c2cccnc2)cc1. The van der Waals surface area contributed by atoms with Crippen LogP contribution in [-0.2, 0) is 14.4 Å². The highest BCUT2D eigenvalue weighted by atomic mass is 16.5. The summed E-state index contributed by atoms with van der Waals surface area (Å²) >= 11 is 0. The van der Waals surface area contributed by atoms with E-state index in [-0.39, 0.29) is 30.7 Å². The number of ether oxygens (including phenoxy) is 1. The lowest BCUT2D eigenvalue weighted by Crippen LogP contribution is -2.32. The zero-order valence-corrected chi connectivity index (χ0v) is 15.7. The number of hydrogen-bond donors (Lipinski definition) is 1. The number of carbonyl (C=O) groups is 3. The van der Waals surface area contributed by atoms with Crippen LogP contribution in [-0.4, -0.2) is 46.3 Å². The first-order valence-electron chi connectivity index (χ1n) is 8.96. The van der Waals surface area contributed by atoms with Crippen molar-refractivity contribution in [2.24, 2.45) is 0 Å². The van der Waals surface area contributed by atoms with Gasteiger partial charge in [0.25, 0.3) is 11.7 Å². The molecule has 1 saturated heterocycles. The van der Waals surface area contributed by atoms with Crippen molar-refractivity contribution in [1.29, 1.82) is 0 Å². The third kappa shape index (κ3) is 4.11. The quantitative estimate of drug-likeness (QED) is 0.422. The number of ketones is 1. The number of carbonyl (C=O) groups excluding carboxylic acids is 3. The molecule has 1 aromatic carbocycles. The van der Waals surface area contributed by atoms with Crippen LogP contribution in [0.1, 0.15) is 30.0 Å². The van der Waals surface area contributed by atoms with Crippen LogP contribution in [0.5, 0.6) is 5.75 Å². The van der Waals surface area contributed by atoms with Crippen LogP contribution in [0.2, 0.25) is 0 Å². The highest BCUT2D eigenvalue weighted by molar-refractivity contribution is 6.46. The summed E-state index contributed by atoms with van der Waals surface area (Å²) in [7, 11) is 1.51. The largest absolute Gasteiger partial charge is 0.550 e. The van der Waals surface area contributed by atoms with Crippen molar-refractivity contribution in [3.8, 4) is 5.75 Å². The van der Waals surface area contributed by atoms with Crippen LogP contribution < -0.4 is 9.84 Å². The van der Waals surface area contributed by atoms with E-state index < -0.39 is 23.7 Å². The lowest BCUT2D eigenvalue weighted by atomic mass is 9.96. The Labute approximate surface area is 167 Å². The van der Waals surface area contributed by atoms with E-state index in [4.69, 9.17) is 4.74 Å². The molecule has 0 unspecified atom stereocenters. The number of pyridine rings is 1. The first kappa shape index (κ1) is 20.1. The van der Waals surface area contributed by atoms with Gasteiger partial charge in [-0.25, -0.2) is 0 Å². The number of likely N-dealkylation sites (tertiary alicyclic amines) is 1. The number of aliphatic carboxylic acids is 1. The van der Waals surface area contributed by atoms with Crippen LogP contribution in [0.4, 0.5) is 0 Å². The van der Waals surface area contributed by atoms with Crippen molar-refractivity contribution in [2.45, 2.75) is 18.9 Å². The van der Waals surface area contributed by atoms with Gasteiger partial charge in [-0.1, -0.05) is 6.07 Å². The average Bonchev–Trinajstić information content (AvgIpc) is 2.98. The summed E-state index contributed by atoms with van der Waals surface area (Å²) in [6.45, 7) is 0.0253.